The Morgan fingerprint density at radius 1 is 1.33 bits per heavy atom. The first-order valence-electron chi connectivity index (χ1n) is 9.20. The predicted molar refractivity (Wildman–Crippen MR) is 104 cm³/mol. The fraction of sp³-hybridized carbons (Fsp3) is 0.556. The number of sulfonamides is 2. The summed E-state index contributed by atoms with van der Waals surface area (Å²) in [5.74, 6) is 0. The first kappa shape index (κ1) is 18.9. The zero-order chi connectivity index (χ0) is 19.4. The van der Waals surface area contributed by atoms with Gasteiger partial charge in [-0.2, -0.15) is 4.31 Å². The molecule has 2 N–H and O–H groups in total. The van der Waals surface area contributed by atoms with Crippen molar-refractivity contribution in [1.29, 1.82) is 0 Å². The molecule has 1 unspecified atom stereocenters. The highest BCUT2D eigenvalue weighted by molar-refractivity contribution is 7.92. The molecule has 2 fully saturated rings. The summed E-state index contributed by atoms with van der Waals surface area (Å²) in [7, 11) is -7.11. The topological polar surface area (TPSA) is 95.6 Å². The molecule has 1 aromatic rings. The van der Waals surface area contributed by atoms with Crippen molar-refractivity contribution in [2.45, 2.75) is 43.5 Å². The second-order valence-electron chi connectivity index (χ2n) is 7.80. The van der Waals surface area contributed by atoms with Crippen LogP contribution < -0.4 is 10.0 Å². The minimum absolute atomic E-state index is 0.214. The normalized spacial score (nSPS) is 28.0. The Balaban J connectivity index is 1.58. The zero-order valence-corrected chi connectivity index (χ0v) is 17.0. The summed E-state index contributed by atoms with van der Waals surface area (Å²) in [6, 6.07) is 3.36. The molecule has 2 atom stereocenters. The number of nitrogens with one attached hydrogen (secondary N) is 2. The Labute approximate surface area is 160 Å². The average molecular weight is 412 g/mol. The molecular formula is C18H25N3O4S2. The van der Waals surface area contributed by atoms with Crippen LogP contribution in [0.25, 0.3) is 0 Å². The second-order valence-corrected chi connectivity index (χ2v) is 11.4. The van der Waals surface area contributed by atoms with Gasteiger partial charge in [0.1, 0.15) is 0 Å². The third kappa shape index (κ3) is 3.20. The minimum atomic E-state index is -3.60. The van der Waals surface area contributed by atoms with Crippen LogP contribution in [0.15, 0.2) is 29.0 Å². The second kappa shape index (κ2) is 6.30. The maximum absolute atomic E-state index is 13.3. The molecule has 2 heterocycles. The molecule has 9 heteroatoms. The highest BCUT2D eigenvalue weighted by Crippen LogP contribution is 2.54. The van der Waals surface area contributed by atoms with Crippen LogP contribution in [0.2, 0.25) is 0 Å². The Morgan fingerprint density at radius 2 is 2.11 bits per heavy atom. The van der Waals surface area contributed by atoms with Crippen LogP contribution in [0.5, 0.6) is 0 Å². The molecule has 3 aliphatic rings. The summed E-state index contributed by atoms with van der Waals surface area (Å²) in [5.41, 5.74) is 2.59. The third-order valence-electron chi connectivity index (χ3n) is 6.07. The molecule has 4 rings (SSSR count). The van der Waals surface area contributed by atoms with Crippen molar-refractivity contribution < 1.29 is 16.8 Å². The molecule has 0 amide bonds. The van der Waals surface area contributed by atoms with Crippen molar-refractivity contribution in [3.05, 3.63) is 35.2 Å². The van der Waals surface area contributed by atoms with E-state index in [9.17, 15) is 16.8 Å². The van der Waals surface area contributed by atoms with Gasteiger partial charge in [0.15, 0.2) is 0 Å². The van der Waals surface area contributed by atoms with Crippen LogP contribution in [-0.2, 0) is 26.5 Å². The van der Waals surface area contributed by atoms with E-state index < -0.39 is 20.0 Å². The van der Waals surface area contributed by atoms with Crippen LogP contribution in [-0.4, -0.2) is 46.8 Å². The van der Waals surface area contributed by atoms with Crippen molar-refractivity contribution in [3.8, 4) is 0 Å². The van der Waals surface area contributed by atoms with Gasteiger partial charge in [0.2, 0.25) is 20.0 Å². The summed E-state index contributed by atoms with van der Waals surface area (Å²) in [6.07, 6.45) is 3.00. The lowest BCUT2D eigenvalue weighted by Crippen LogP contribution is -2.33. The van der Waals surface area contributed by atoms with E-state index >= 15 is 0 Å². The van der Waals surface area contributed by atoms with Crippen LogP contribution in [0.4, 0.5) is 5.69 Å². The molecule has 0 bridgehead atoms. The van der Waals surface area contributed by atoms with E-state index in [4.69, 9.17) is 0 Å². The number of fused-ring (bicyclic) bond motifs is 1. The van der Waals surface area contributed by atoms with Crippen LogP contribution >= 0.6 is 0 Å². The fourth-order valence-electron chi connectivity index (χ4n) is 4.37. The highest BCUT2D eigenvalue weighted by atomic mass is 32.2. The third-order valence-corrected chi connectivity index (χ3v) is 9.05. The molecule has 1 saturated carbocycles. The lowest BCUT2D eigenvalue weighted by molar-refractivity contribution is 0.441. The van der Waals surface area contributed by atoms with Crippen molar-refractivity contribution in [2.75, 3.05) is 25.0 Å². The molecule has 0 aromatic heterocycles. The van der Waals surface area contributed by atoms with E-state index in [0.29, 0.717) is 30.8 Å². The molecular weight excluding hydrogens is 386 g/mol. The molecule has 0 radical (unpaired) electrons. The van der Waals surface area contributed by atoms with Gasteiger partial charge in [0.25, 0.3) is 0 Å². The van der Waals surface area contributed by atoms with Gasteiger partial charge in [-0.3, -0.25) is 0 Å². The van der Waals surface area contributed by atoms with Crippen molar-refractivity contribution in [2.24, 2.45) is 5.41 Å². The maximum atomic E-state index is 13.3. The number of anilines is 1. The van der Waals surface area contributed by atoms with E-state index in [1.807, 2.05) is 13.0 Å². The zero-order valence-electron chi connectivity index (χ0n) is 15.4. The molecule has 1 spiro atoms. The average Bonchev–Trinajstić information content (AvgIpc) is 3.08. The molecule has 7 nitrogen and oxygen atoms in total. The Bertz CT molecular complexity index is 1000. The number of rotatable bonds is 5. The van der Waals surface area contributed by atoms with Gasteiger partial charge in [-0.05, 0) is 49.8 Å². The summed E-state index contributed by atoms with van der Waals surface area (Å²) in [6.45, 7) is 6.93. The maximum Gasteiger partial charge on any atom is 0.243 e. The summed E-state index contributed by atoms with van der Waals surface area (Å²) in [5, 5.41) is 4.23. The molecule has 27 heavy (non-hydrogen) atoms. The number of nitrogens with zero attached hydrogens (tertiary/aromatic N) is 1. The van der Waals surface area contributed by atoms with Gasteiger partial charge in [0.05, 0.1) is 4.90 Å². The van der Waals surface area contributed by atoms with E-state index in [1.165, 1.54) is 4.31 Å². The number of benzene rings is 1. The van der Waals surface area contributed by atoms with Crippen molar-refractivity contribution in [1.82, 2.24) is 9.03 Å². The molecule has 1 saturated heterocycles. The molecule has 148 valence electrons. The fourth-order valence-corrected chi connectivity index (χ4v) is 6.99. The van der Waals surface area contributed by atoms with Crippen molar-refractivity contribution >= 4 is 25.7 Å². The first-order chi connectivity index (χ1) is 12.7. The van der Waals surface area contributed by atoms with E-state index in [2.05, 4.69) is 16.6 Å². The van der Waals surface area contributed by atoms with Crippen LogP contribution in [0.1, 0.15) is 30.4 Å². The largest absolute Gasteiger partial charge is 0.385 e. The lowest BCUT2D eigenvalue weighted by atomic mass is 10.00. The molecule has 1 aliphatic carbocycles. The summed E-state index contributed by atoms with van der Waals surface area (Å²) >= 11 is 0. The van der Waals surface area contributed by atoms with E-state index in [0.717, 1.165) is 41.6 Å². The lowest BCUT2D eigenvalue weighted by Gasteiger charge is -2.25. The number of aryl methyl sites for hydroxylation is 1. The van der Waals surface area contributed by atoms with Gasteiger partial charge >= 0.3 is 0 Å². The van der Waals surface area contributed by atoms with E-state index in [-0.39, 0.29) is 11.5 Å². The summed E-state index contributed by atoms with van der Waals surface area (Å²) in [4.78, 5) is 0.385. The Morgan fingerprint density at radius 3 is 2.85 bits per heavy atom. The highest BCUT2D eigenvalue weighted by Gasteiger charge is 2.60. The quantitative estimate of drug-likeness (QED) is 0.767. The first-order valence-corrected chi connectivity index (χ1v) is 12.2. The SMILES string of the molecule is C=CS(=O)(=O)N[C@H]1CC12CCN(S(=O)(=O)c1ccc(C)c3c1CCCN3)C2. The minimum Gasteiger partial charge on any atom is -0.385 e. The van der Waals surface area contributed by atoms with Gasteiger partial charge in [-0.25, -0.2) is 21.6 Å². The smallest absolute Gasteiger partial charge is 0.243 e. The molecule has 2 aliphatic heterocycles. The van der Waals surface area contributed by atoms with E-state index in [1.54, 1.807) is 6.07 Å². The summed E-state index contributed by atoms with van der Waals surface area (Å²) < 4.78 is 54.2. The number of hydrogen-bond acceptors (Lipinski definition) is 5. The van der Waals surface area contributed by atoms with Gasteiger partial charge < -0.3 is 5.32 Å². The number of hydrogen-bond donors (Lipinski definition) is 2. The van der Waals surface area contributed by atoms with Crippen LogP contribution in [0.3, 0.4) is 0 Å². The Kier molecular flexibility index (Phi) is 4.41. The molecule has 1 aromatic carbocycles. The van der Waals surface area contributed by atoms with Gasteiger partial charge in [-0.15, -0.1) is 0 Å². The van der Waals surface area contributed by atoms with Gasteiger partial charge in [0, 0.05) is 42.2 Å². The van der Waals surface area contributed by atoms with Crippen LogP contribution in [0, 0.1) is 12.3 Å². The standard InChI is InChI=1S/C18H25N3O4S2/c1-3-26(22,23)20-16-11-18(16)8-10-21(12-18)27(24,25)15-7-6-13(2)17-14(15)5-4-9-19-17/h3,6-7,16,19-20H,1,4-5,8-12H2,2H3/t16-,18?/m0/s1. The monoisotopic (exact) mass is 411 g/mol. The van der Waals surface area contributed by atoms with Gasteiger partial charge in [-0.1, -0.05) is 12.6 Å². The Hall–Kier alpha value is -1.42. The predicted octanol–water partition coefficient (Wildman–Crippen LogP) is 1.57. The van der Waals surface area contributed by atoms with Crippen molar-refractivity contribution in [3.63, 3.8) is 0 Å².